The Bertz CT molecular complexity index is 616. The maximum Gasteiger partial charge on any atom is 0.181 e. The first-order chi connectivity index (χ1) is 10.1. The number of aliphatic hydroxyl groups is 3. The van der Waals surface area contributed by atoms with Crippen molar-refractivity contribution in [1.29, 1.82) is 0 Å². The van der Waals surface area contributed by atoms with Crippen molar-refractivity contribution >= 4 is 0 Å². The van der Waals surface area contributed by atoms with Gasteiger partial charge in [0.05, 0.1) is 12.3 Å². The van der Waals surface area contributed by atoms with Gasteiger partial charge >= 0.3 is 0 Å². The van der Waals surface area contributed by atoms with Gasteiger partial charge in [-0.15, -0.1) is 5.10 Å². The molecule has 4 atom stereocenters. The standard InChI is InChI=1S/C14H17N3O4/c1-8-11(9-5-3-2-4-6-9)15-16-17(8)14-13(20)12(19)10(7-18)21-14/h2-6,10,12-14,18-20H,7H2,1H3. The first-order valence-electron chi connectivity index (χ1n) is 6.73. The third-order valence-electron chi connectivity index (χ3n) is 3.73. The quantitative estimate of drug-likeness (QED) is 0.728. The molecule has 1 aliphatic heterocycles. The van der Waals surface area contributed by atoms with Crippen LogP contribution >= 0.6 is 0 Å². The van der Waals surface area contributed by atoms with Crippen molar-refractivity contribution in [3.05, 3.63) is 36.0 Å². The van der Waals surface area contributed by atoms with Gasteiger partial charge in [-0.25, -0.2) is 4.68 Å². The van der Waals surface area contributed by atoms with Crippen LogP contribution in [0.4, 0.5) is 0 Å². The fourth-order valence-corrected chi connectivity index (χ4v) is 2.53. The molecule has 4 unspecified atom stereocenters. The minimum absolute atomic E-state index is 0.367. The fraction of sp³-hybridized carbons (Fsp3) is 0.429. The first kappa shape index (κ1) is 14.2. The molecule has 1 fully saturated rings. The van der Waals surface area contributed by atoms with E-state index in [2.05, 4.69) is 10.3 Å². The van der Waals surface area contributed by atoms with E-state index in [0.29, 0.717) is 5.69 Å². The van der Waals surface area contributed by atoms with Crippen LogP contribution in [0.5, 0.6) is 0 Å². The van der Waals surface area contributed by atoms with Gasteiger partial charge in [-0.05, 0) is 6.92 Å². The summed E-state index contributed by atoms with van der Waals surface area (Å²) < 4.78 is 6.90. The summed E-state index contributed by atoms with van der Waals surface area (Å²) in [5.41, 5.74) is 2.32. The Morgan fingerprint density at radius 1 is 1.19 bits per heavy atom. The molecule has 0 spiro atoms. The lowest BCUT2D eigenvalue weighted by molar-refractivity contribution is -0.0603. The van der Waals surface area contributed by atoms with Crippen molar-refractivity contribution in [3.63, 3.8) is 0 Å². The van der Waals surface area contributed by atoms with Gasteiger partial charge in [-0.3, -0.25) is 0 Å². The van der Waals surface area contributed by atoms with Crippen molar-refractivity contribution in [2.75, 3.05) is 6.61 Å². The molecule has 0 radical (unpaired) electrons. The number of hydrogen-bond acceptors (Lipinski definition) is 6. The highest BCUT2D eigenvalue weighted by molar-refractivity contribution is 5.60. The summed E-state index contributed by atoms with van der Waals surface area (Å²) in [4.78, 5) is 0. The highest BCUT2D eigenvalue weighted by Crippen LogP contribution is 2.31. The Kier molecular flexibility index (Phi) is 3.73. The van der Waals surface area contributed by atoms with E-state index in [-0.39, 0.29) is 6.61 Å². The van der Waals surface area contributed by atoms with Gasteiger partial charge in [0.1, 0.15) is 24.0 Å². The molecule has 3 N–H and O–H groups in total. The Hall–Kier alpha value is -1.80. The fourth-order valence-electron chi connectivity index (χ4n) is 2.53. The molecule has 1 aliphatic rings. The number of aliphatic hydroxyl groups excluding tert-OH is 3. The highest BCUT2D eigenvalue weighted by Gasteiger charge is 2.44. The summed E-state index contributed by atoms with van der Waals surface area (Å²) in [5, 5.41) is 37.1. The van der Waals surface area contributed by atoms with E-state index in [0.717, 1.165) is 11.3 Å². The zero-order valence-electron chi connectivity index (χ0n) is 11.5. The Labute approximate surface area is 121 Å². The van der Waals surface area contributed by atoms with Gasteiger partial charge in [0.2, 0.25) is 0 Å². The summed E-state index contributed by atoms with van der Waals surface area (Å²) in [6.45, 7) is 1.45. The maximum absolute atomic E-state index is 10.0. The summed E-state index contributed by atoms with van der Waals surface area (Å²) in [7, 11) is 0. The Balaban J connectivity index is 1.93. The Morgan fingerprint density at radius 3 is 2.52 bits per heavy atom. The van der Waals surface area contributed by atoms with Crippen LogP contribution in [0.2, 0.25) is 0 Å². The molecule has 2 aromatic rings. The molecule has 7 heteroatoms. The van der Waals surface area contributed by atoms with E-state index >= 15 is 0 Å². The lowest BCUT2D eigenvalue weighted by atomic mass is 10.1. The first-order valence-corrected chi connectivity index (χ1v) is 6.73. The van der Waals surface area contributed by atoms with Crippen molar-refractivity contribution in [2.45, 2.75) is 31.5 Å². The average molecular weight is 291 g/mol. The molecule has 7 nitrogen and oxygen atoms in total. The van der Waals surface area contributed by atoms with Crippen molar-refractivity contribution in [2.24, 2.45) is 0 Å². The molecule has 112 valence electrons. The highest BCUT2D eigenvalue weighted by atomic mass is 16.6. The molecule has 1 saturated heterocycles. The van der Waals surface area contributed by atoms with E-state index < -0.39 is 24.5 Å². The van der Waals surface area contributed by atoms with Crippen LogP contribution in [-0.2, 0) is 4.74 Å². The molecule has 0 amide bonds. The predicted octanol–water partition coefficient (Wildman–Crippen LogP) is -0.135. The second-order valence-electron chi connectivity index (χ2n) is 5.06. The van der Waals surface area contributed by atoms with Crippen LogP contribution in [-0.4, -0.2) is 55.2 Å². The smallest absolute Gasteiger partial charge is 0.181 e. The van der Waals surface area contributed by atoms with Gasteiger partial charge in [-0.1, -0.05) is 35.5 Å². The summed E-state index contributed by atoms with van der Waals surface area (Å²) in [5.74, 6) is 0. The van der Waals surface area contributed by atoms with E-state index in [1.807, 2.05) is 37.3 Å². The molecule has 21 heavy (non-hydrogen) atoms. The normalized spacial score (nSPS) is 29.0. The SMILES string of the molecule is Cc1c(-c2ccccc2)nnn1C1OC(CO)C(O)C1O. The largest absolute Gasteiger partial charge is 0.394 e. The summed E-state index contributed by atoms with van der Waals surface area (Å²) in [6, 6.07) is 9.55. The van der Waals surface area contributed by atoms with Gasteiger partial charge in [0.15, 0.2) is 6.23 Å². The second kappa shape index (κ2) is 5.53. The molecule has 1 aromatic heterocycles. The minimum Gasteiger partial charge on any atom is -0.394 e. The van der Waals surface area contributed by atoms with Gasteiger partial charge in [0.25, 0.3) is 0 Å². The van der Waals surface area contributed by atoms with Crippen LogP contribution in [0.1, 0.15) is 11.9 Å². The van der Waals surface area contributed by atoms with Gasteiger partial charge < -0.3 is 20.1 Å². The molecule has 1 aromatic carbocycles. The topological polar surface area (TPSA) is 101 Å². The van der Waals surface area contributed by atoms with E-state index in [1.165, 1.54) is 4.68 Å². The lowest BCUT2D eigenvalue weighted by Crippen LogP contribution is -2.33. The monoisotopic (exact) mass is 291 g/mol. The van der Waals surface area contributed by atoms with Gasteiger partial charge in [0, 0.05) is 5.56 Å². The number of rotatable bonds is 3. The number of ether oxygens (including phenoxy) is 1. The van der Waals surface area contributed by atoms with Crippen LogP contribution in [0.25, 0.3) is 11.3 Å². The van der Waals surface area contributed by atoms with Crippen LogP contribution in [0.3, 0.4) is 0 Å². The Morgan fingerprint density at radius 2 is 1.90 bits per heavy atom. The van der Waals surface area contributed by atoms with Crippen molar-refractivity contribution in [1.82, 2.24) is 15.0 Å². The molecule has 3 rings (SSSR count). The van der Waals surface area contributed by atoms with Crippen LogP contribution in [0, 0.1) is 6.92 Å². The average Bonchev–Trinajstić information content (AvgIpc) is 3.02. The predicted molar refractivity (Wildman–Crippen MR) is 73.2 cm³/mol. The van der Waals surface area contributed by atoms with Gasteiger partial charge in [-0.2, -0.15) is 0 Å². The minimum atomic E-state index is -1.16. The molecular weight excluding hydrogens is 274 g/mol. The zero-order valence-corrected chi connectivity index (χ0v) is 11.5. The molecule has 0 saturated carbocycles. The zero-order chi connectivity index (χ0) is 15.0. The van der Waals surface area contributed by atoms with Crippen molar-refractivity contribution < 1.29 is 20.1 Å². The van der Waals surface area contributed by atoms with Crippen LogP contribution in [0.15, 0.2) is 30.3 Å². The molecular formula is C14H17N3O4. The third-order valence-corrected chi connectivity index (χ3v) is 3.73. The third kappa shape index (κ3) is 2.34. The summed E-state index contributed by atoms with van der Waals surface area (Å²) in [6.07, 6.45) is -3.99. The second-order valence-corrected chi connectivity index (χ2v) is 5.06. The molecule has 0 bridgehead atoms. The van der Waals surface area contributed by atoms with Crippen molar-refractivity contribution in [3.8, 4) is 11.3 Å². The van der Waals surface area contributed by atoms with Crippen LogP contribution < -0.4 is 0 Å². The number of nitrogens with zero attached hydrogens (tertiary/aromatic N) is 3. The maximum atomic E-state index is 10.0. The van der Waals surface area contributed by atoms with E-state index in [4.69, 9.17) is 9.84 Å². The van der Waals surface area contributed by atoms with E-state index in [1.54, 1.807) is 0 Å². The molecule has 2 heterocycles. The number of hydrogen-bond donors (Lipinski definition) is 3. The summed E-state index contributed by atoms with van der Waals surface area (Å²) >= 11 is 0. The lowest BCUT2D eigenvalue weighted by Gasteiger charge is -2.16. The number of benzene rings is 1. The number of aromatic nitrogens is 3. The van der Waals surface area contributed by atoms with E-state index in [9.17, 15) is 10.2 Å². The molecule has 0 aliphatic carbocycles.